The number of carboxylic acids is 1. The molecule has 0 radical (unpaired) electrons. The minimum Gasteiger partial charge on any atom is -0.477 e. The number of unbranched alkanes of at least 4 members (excludes halogenated alkanes) is 1. The van der Waals surface area contributed by atoms with Crippen LogP contribution in [0.5, 0.6) is 0 Å². The third-order valence-corrected chi connectivity index (χ3v) is 3.93. The summed E-state index contributed by atoms with van der Waals surface area (Å²) in [6.07, 6.45) is 1.87. The second-order valence-electron chi connectivity index (χ2n) is 3.66. The number of rotatable bonds is 7. The smallest absolute Gasteiger partial charge is 0.341 e. The van der Waals surface area contributed by atoms with Crippen LogP contribution in [-0.4, -0.2) is 33.8 Å². The molecule has 1 aromatic heterocycles. The molecule has 0 aliphatic rings. The van der Waals surface area contributed by atoms with Gasteiger partial charge in [0.2, 0.25) is 0 Å². The van der Waals surface area contributed by atoms with Gasteiger partial charge in [0.15, 0.2) is 0 Å². The van der Waals surface area contributed by atoms with Gasteiger partial charge in [-0.2, -0.15) is 4.37 Å². The van der Waals surface area contributed by atoms with Crippen LogP contribution >= 0.6 is 23.3 Å². The molecule has 0 fully saturated rings. The molecule has 8 heteroatoms. The SMILES string of the molecule is CCCCNC(=O)Nc1snc(SCC)c1C(=O)O. The zero-order valence-corrected chi connectivity index (χ0v) is 12.5. The summed E-state index contributed by atoms with van der Waals surface area (Å²) in [5, 5.41) is 15.1. The van der Waals surface area contributed by atoms with Crippen molar-refractivity contribution in [3.8, 4) is 0 Å². The van der Waals surface area contributed by atoms with Crippen LogP contribution in [0, 0.1) is 0 Å². The minimum absolute atomic E-state index is 0.0718. The van der Waals surface area contributed by atoms with Gasteiger partial charge < -0.3 is 10.4 Å². The minimum atomic E-state index is -1.08. The van der Waals surface area contributed by atoms with E-state index in [-0.39, 0.29) is 10.6 Å². The fourth-order valence-corrected chi connectivity index (χ4v) is 2.98. The second kappa shape index (κ2) is 8.00. The first kappa shape index (κ1) is 15.8. The molecule has 1 rings (SSSR count). The maximum Gasteiger partial charge on any atom is 0.341 e. The van der Waals surface area contributed by atoms with Crippen LogP contribution in [0.1, 0.15) is 37.0 Å². The quantitative estimate of drug-likeness (QED) is 0.532. The number of carbonyl (C=O) groups excluding carboxylic acids is 1. The van der Waals surface area contributed by atoms with E-state index >= 15 is 0 Å². The number of nitrogens with one attached hydrogen (secondary N) is 2. The highest BCUT2D eigenvalue weighted by Gasteiger charge is 2.21. The molecule has 0 spiro atoms. The number of carboxylic acid groups (broad SMARTS) is 1. The number of hydrogen-bond acceptors (Lipinski definition) is 5. The first-order valence-electron chi connectivity index (χ1n) is 6.00. The lowest BCUT2D eigenvalue weighted by molar-refractivity contribution is 0.0694. The van der Waals surface area contributed by atoms with E-state index in [1.807, 2.05) is 13.8 Å². The third-order valence-electron chi connectivity index (χ3n) is 2.20. The monoisotopic (exact) mass is 303 g/mol. The maximum absolute atomic E-state index is 11.6. The zero-order valence-electron chi connectivity index (χ0n) is 10.9. The van der Waals surface area contributed by atoms with E-state index in [2.05, 4.69) is 15.0 Å². The maximum atomic E-state index is 11.6. The van der Waals surface area contributed by atoms with Gasteiger partial charge in [0, 0.05) is 6.54 Å². The Hall–Kier alpha value is -1.28. The van der Waals surface area contributed by atoms with Crippen molar-refractivity contribution in [2.45, 2.75) is 31.7 Å². The summed E-state index contributed by atoms with van der Waals surface area (Å²) in [4.78, 5) is 22.8. The van der Waals surface area contributed by atoms with E-state index in [4.69, 9.17) is 0 Å². The highest BCUT2D eigenvalue weighted by molar-refractivity contribution is 7.99. The predicted molar refractivity (Wildman–Crippen MR) is 77.4 cm³/mol. The molecule has 1 heterocycles. The van der Waals surface area contributed by atoms with Crippen molar-refractivity contribution in [3.05, 3.63) is 5.56 Å². The highest BCUT2D eigenvalue weighted by Crippen LogP contribution is 2.31. The summed E-state index contributed by atoms with van der Waals surface area (Å²) in [7, 11) is 0. The number of nitrogens with zero attached hydrogens (tertiary/aromatic N) is 1. The summed E-state index contributed by atoms with van der Waals surface area (Å²) in [6, 6.07) is -0.396. The molecular weight excluding hydrogens is 286 g/mol. The van der Waals surface area contributed by atoms with Gasteiger partial charge in [-0.05, 0) is 23.7 Å². The average Bonchev–Trinajstić information content (AvgIpc) is 2.73. The summed E-state index contributed by atoms with van der Waals surface area (Å²) in [6.45, 7) is 4.51. The molecule has 6 nitrogen and oxygen atoms in total. The lowest BCUT2D eigenvalue weighted by atomic mass is 10.3. The molecule has 0 aromatic carbocycles. The van der Waals surface area contributed by atoms with Crippen LogP contribution in [0.3, 0.4) is 0 Å². The molecule has 0 aliphatic heterocycles. The molecule has 1 aromatic rings. The van der Waals surface area contributed by atoms with Crippen molar-refractivity contribution in [3.63, 3.8) is 0 Å². The van der Waals surface area contributed by atoms with Gasteiger partial charge in [-0.1, -0.05) is 20.3 Å². The number of aromatic nitrogens is 1. The molecule has 106 valence electrons. The summed E-state index contributed by atoms with van der Waals surface area (Å²) < 4.78 is 4.06. The van der Waals surface area contributed by atoms with Gasteiger partial charge >= 0.3 is 12.0 Å². The van der Waals surface area contributed by atoms with Crippen LogP contribution in [0.2, 0.25) is 0 Å². The number of hydrogen-bond donors (Lipinski definition) is 3. The van der Waals surface area contributed by atoms with Crippen LogP contribution in [0.25, 0.3) is 0 Å². The van der Waals surface area contributed by atoms with Gasteiger partial charge in [0.1, 0.15) is 15.6 Å². The number of aromatic carboxylic acids is 1. The van der Waals surface area contributed by atoms with Crippen molar-refractivity contribution >= 4 is 40.3 Å². The summed E-state index contributed by atoms with van der Waals surface area (Å²) >= 11 is 2.33. The van der Waals surface area contributed by atoms with Gasteiger partial charge in [-0.15, -0.1) is 11.8 Å². The zero-order chi connectivity index (χ0) is 14.3. The second-order valence-corrected chi connectivity index (χ2v) is 5.69. The van der Waals surface area contributed by atoms with Gasteiger partial charge in [0.25, 0.3) is 0 Å². The Morgan fingerprint density at radius 2 is 2.16 bits per heavy atom. The molecule has 0 bridgehead atoms. The third kappa shape index (κ3) is 4.71. The van der Waals surface area contributed by atoms with E-state index in [0.717, 1.165) is 30.1 Å². The first-order chi connectivity index (χ1) is 9.10. The van der Waals surface area contributed by atoms with E-state index in [1.54, 1.807) is 0 Å². The number of urea groups is 1. The molecule has 0 saturated carbocycles. The molecule has 0 saturated heterocycles. The fourth-order valence-electron chi connectivity index (χ4n) is 1.31. The Morgan fingerprint density at radius 1 is 1.42 bits per heavy atom. The van der Waals surface area contributed by atoms with E-state index in [1.165, 1.54) is 11.8 Å². The van der Waals surface area contributed by atoms with Crippen LogP contribution in [-0.2, 0) is 0 Å². The standard InChI is InChI=1S/C11H17N3O3S2/c1-3-5-6-12-11(17)13-8-7(10(15)16)9(14-19-8)18-4-2/h3-6H2,1-2H3,(H,15,16)(H2,12,13,17). The van der Waals surface area contributed by atoms with E-state index in [0.29, 0.717) is 11.6 Å². The van der Waals surface area contributed by atoms with Crippen molar-refractivity contribution < 1.29 is 14.7 Å². The van der Waals surface area contributed by atoms with Crippen LogP contribution < -0.4 is 10.6 Å². The molecule has 0 unspecified atom stereocenters. The Morgan fingerprint density at radius 3 is 2.74 bits per heavy atom. The van der Waals surface area contributed by atoms with Gasteiger partial charge in [-0.25, -0.2) is 9.59 Å². The topological polar surface area (TPSA) is 91.3 Å². The first-order valence-corrected chi connectivity index (χ1v) is 7.76. The van der Waals surface area contributed by atoms with Crippen molar-refractivity contribution in [2.24, 2.45) is 0 Å². The number of carbonyl (C=O) groups is 2. The average molecular weight is 303 g/mol. The Kier molecular flexibility index (Phi) is 6.65. The van der Waals surface area contributed by atoms with E-state index < -0.39 is 12.0 Å². The van der Waals surface area contributed by atoms with Crippen LogP contribution in [0.15, 0.2) is 5.03 Å². The summed E-state index contributed by atoms with van der Waals surface area (Å²) in [5.74, 6) is -0.347. The van der Waals surface area contributed by atoms with Crippen LogP contribution in [0.4, 0.5) is 9.80 Å². The highest BCUT2D eigenvalue weighted by atomic mass is 32.2. The number of anilines is 1. The fraction of sp³-hybridized carbons (Fsp3) is 0.545. The largest absolute Gasteiger partial charge is 0.477 e. The Balaban J connectivity index is 2.72. The molecule has 0 aliphatic carbocycles. The molecule has 0 atom stereocenters. The van der Waals surface area contributed by atoms with Gasteiger partial charge in [0.05, 0.1) is 0 Å². The predicted octanol–water partition coefficient (Wildman–Crippen LogP) is 2.87. The van der Waals surface area contributed by atoms with Crippen molar-refractivity contribution in [2.75, 3.05) is 17.6 Å². The molecule has 3 N–H and O–H groups in total. The lowest BCUT2D eigenvalue weighted by Gasteiger charge is -2.05. The molecular formula is C11H17N3O3S2. The Labute approximate surface area is 120 Å². The number of amides is 2. The van der Waals surface area contributed by atoms with Crippen molar-refractivity contribution in [1.29, 1.82) is 0 Å². The van der Waals surface area contributed by atoms with Crippen molar-refractivity contribution in [1.82, 2.24) is 9.69 Å². The summed E-state index contributed by atoms with van der Waals surface area (Å²) in [5.41, 5.74) is 0.0718. The molecule has 2 amide bonds. The number of thioether (sulfide) groups is 1. The molecule has 19 heavy (non-hydrogen) atoms. The van der Waals surface area contributed by atoms with E-state index in [9.17, 15) is 14.7 Å². The lowest BCUT2D eigenvalue weighted by Crippen LogP contribution is -2.29. The normalized spacial score (nSPS) is 10.2. The Bertz CT molecular complexity index is 448. The van der Waals surface area contributed by atoms with Gasteiger partial charge in [-0.3, -0.25) is 5.32 Å².